The highest BCUT2D eigenvalue weighted by atomic mass is 35.5. The summed E-state index contributed by atoms with van der Waals surface area (Å²) in [5.74, 6) is 0.779. The molecule has 4 heteroatoms. The topological polar surface area (TPSA) is 32.3 Å². The lowest BCUT2D eigenvalue weighted by Gasteiger charge is -2.37. The zero-order valence-electron chi connectivity index (χ0n) is 9.37. The smallest absolute Gasteiger partial charge is 0.225 e. The Kier molecular flexibility index (Phi) is 4.87. The van der Waals surface area contributed by atoms with Gasteiger partial charge in [0.2, 0.25) is 5.91 Å². The van der Waals surface area contributed by atoms with E-state index in [0.29, 0.717) is 17.9 Å². The summed E-state index contributed by atoms with van der Waals surface area (Å²) in [6.45, 7) is 1.90. The van der Waals surface area contributed by atoms with Crippen LogP contribution < -0.4 is 5.32 Å². The quantitative estimate of drug-likeness (QED) is 0.781. The summed E-state index contributed by atoms with van der Waals surface area (Å²) in [7, 11) is 1.99. The number of nitrogens with zero attached hydrogens (tertiary/aromatic N) is 1. The Morgan fingerprint density at radius 3 is 2.53 bits per heavy atom. The third-order valence-electron chi connectivity index (χ3n) is 3.60. The first-order valence-electron chi connectivity index (χ1n) is 5.77. The molecule has 1 amide bonds. The van der Waals surface area contributed by atoms with Crippen molar-refractivity contribution in [3.8, 4) is 0 Å². The van der Waals surface area contributed by atoms with Crippen molar-refractivity contribution in [3.05, 3.63) is 0 Å². The molecule has 1 aliphatic carbocycles. The fourth-order valence-corrected chi connectivity index (χ4v) is 2.33. The van der Waals surface area contributed by atoms with E-state index in [4.69, 9.17) is 0 Å². The van der Waals surface area contributed by atoms with E-state index in [-0.39, 0.29) is 12.4 Å². The van der Waals surface area contributed by atoms with Crippen molar-refractivity contribution in [2.75, 3.05) is 20.1 Å². The number of halogens is 1. The first-order chi connectivity index (χ1) is 6.81. The van der Waals surface area contributed by atoms with Crippen molar-refractivity contribution in [2.24, 2.45) is 5.92 Å². The minimum Gasteiger partial charge on any atom is -0.341 e. The van der Waals surface area contributed by atoms with Gasteiger partial charge in [-0.1, -0.05) is 6.42 Å². The number of rotatable bonds is 2. The molecular formula is C11H21ClN2O. The molecule has 1 heterocycles. The van der Waals surface area contributed by atoms with Gasteiger partial charge in [-0.2, -0.15) is 0 Å². The predicted molar refractivity (Wildman–Crippen MR) is 63.3 cm³/mol. The van der Waals surface area contributed by atoms with Gasteiger partial charge in [-0.15, -0.1) is 12.4 Å². The Labute approximate surface area is 98.0 Å². The van der Waals surface area contributed by atoms with Crippen molar-refractivity contribution >= 4 is 18.3 Å². The Balaban J connectivity index is 0.00000112. The highest BCUT2D eigenvalue weighted by Gasteiger charge is 2.31. The molecule has 88 valence electrons. The van der Waals surface area contributed by atoms with Gasteiger partial charge < -0.3 is 10.2 Å². The van der Waals surface area contributed by atoms with Crippen LogP contribution in [0.25, 0.3) is 0 Å². The van der Waals surface area contributed by atoms with Crippen LogP contribution in [0.2, 0.25) is 0 Å². The predicted octanol–water partition coefficient (Wildman–Crippen LogP) is 1.42. The molecule has 1 unspecified atom stereocenters. The normalized spacial score (nSPS) is 26.7. The molecule has 15 heavy (non-hydrogen) atoms. The van der Waals surface area contributed by atoms with Gasteiger partial charge in [0, 0.05) is 25.0 Å². The molecule has 2 fully saturated rings. The number of nitrogens with one attached hydrogen (secondary N) is 1. The second-order valence-electron chi connectivity index (χ2n) is 4.54. The van der Waals surface area contributed by atoms with E-state index in [1.807, 2.05) is 7.05 Å². The van der Waals surface area contributed by atoms with Crippen LogP contribution in [-0.4, -0.2) is 37.0 Å². The summed E-state index contributed by atoms with van der Waals surface area (Å²) in [5, 5.41) is 3.27. The second-order valence-corrected chi connectivity index (χ2v) is 4.54. The van der Waals surface area contributed by atoms with E-state index in [9.17, 15) is 4.79 Å². The van der Waals surface area contributed by atoms with Crippen molar-refractivity contribution in [1.82, 2.24) is 10.2 Å². The summed E-state index contributed by atoms with van der Waals surface area (Å²) in [6, 6.07) is 0.521. The van der Waals surface area contributed by atoms with Gasteiger partial charge in [-0.25, -0.2) is 0 Å². The molecule has 1 atom stereocenters. The van der Waals surface area contributed by atoms with Gasteiger partial charge in [-0.05, 0) is 32.7 Å². The van der Waals surface area contributed by atoms with Crippen LogP contribution >= 0.6 is 12.4 Å². The summed E-state index contributed by atoms with van der Waals surface area (Å²) < 4.78 is 0. The van der Waals surface area contributed by atoms with Crippen molar-refractivity contribution in [2.45, 2.75) is 38.1 Å². The average Bonchev–Trinajstić information content (AvgIpc) is 2.15. The number of carbonyl (C=O) groups excluding carboxylic acids is 1. The van der Waals surface area contributed by atoms with E-state index >= 15 is 0 Å². The van der Waals surface area contributed by atoms with Crippen molar-refractivity contribution in [3.63, 3.8) is 0 Å². The fraction of sp³-hybridized carbons (Fsp3) is 0.909. The number of hydrogen-bond acceptors (Lipinski definition) is 2. The van der Waals surface area contributed by atoms with Gasteiger partial charge >= 0.3 is 0 Å². The van der Waals surface area contributed by atoms with E-state index < -0.39 is 0 Å². The lowest BCUT2D eigenvalue weighted by Crippen LogP contribution is -2.49. The molecule has 2 aliphatic rings. The Hall–Kier alpha value is -0.280. The molecule has 2 rings (SSSR count). The second kappa shape index (κ2) is 5.71. The Bertz CT molecular complexity index is 219. The lowest BCUT2D eigenvalue weighted by molar-refractivity contribution is -0.139. The lowest BCUT2D eigenvalue weighted by atomic mass is 9.84. The minimum absolute atomic E-state index is 0. The maximum Gasteiger partial charge on any atom is 0.225 e. The standard InChI is InChI=1S/C11H20N2O.ClH/c1-12-10-6-3-7-13(8-10)11(14)9-4-2-5-9;/h9-10,12H,2-8H2,1H3;1H. The van der Waals surface area contributed by atoms with Gasteiger partial charge in [0.1, 0.15) is 0 Å². The van der Waals surface area contributed by atoms with Gasteiger partial charge in [0.25, 0.3) is 0 Å². The van der Waals surface area contributed by atoms with Crippen LogP contribution in [0.5, 0.6) is 0 Å². The minimum atomic E-state index is 0. The van der Waals surface area contributed by atoms with Gasteiger partial charge in [0.05, 0.1) is 0 Å². The first kappa shape index (κ1) is 12.8. The molecule has 0 radical (unpaired) electrons. The van der Waals surface area contributed by atoms with E-state index in [1.54, 1.807) is 0 Å². The SMILES string of the molecule is CNC1CCCN(C(=O)C2CCC2)C1.Cl. The molecule has 1 saturated carbocycles. The molecule has 0 spiro atoms. The number of carbonyl (C=O) groups is 1. The van der Waals surface area contributed by atoms with Crippen LogP contribution in [0.15, 0.2) is 0 Å². The average molecular weight is 233 g/mol. The summed E-state index contributed by atoms with van der Waals surface area (Å²) >= 11 is 0. The Morgan fingerprint density at radius 2 is 2.00 bits per heavy atom. The molecule has 1 saturated heterocycles. The number of hydrogen-bond donors (Lipinski definition) is 1. The highest BCUT2D eigenvalue weighted by molar-refractivity contribution is 5.85. The van der Waals surface area contributed by atoms with Crippen molar-refractivity contribution < 1.29 is 4.79 Å². The fourth-order valence-electron chi connectivity index (χ4n) is 2.33. The third kappa shape index (κ3) is 2.85. The number of likely N-dealkylation sites (N-methyl/N-ethyl adjacent to an activating group) is 1. The molecule has 1 N–H and O–H groups in total. The van der Waals surface area contributed by atoms with Crippen LogP contribution in [0.3, 0.4) is 0 Å². The molecular weight excluding hydrogens is 212 g/mol. The monoisotopic (exact) mass is 232 g/mol. The highest BCUT2D eigenvalue weighted by Crippen LogP contribution is 2.29. The zero-order chi connectivity index (χ0) is 9.97. The number of amides is 1. The van der Waals surface area contributed by atoms with E-state index in [1.165, 1.54) is 12.8 Å². The van der Waals surface area contributed by atoms with E-state index in [0.717, 1.165) is 32.4 Å². The molecule has 1 aliphatic heterocycles. The Morgan fingerprint density at radius 1 is 1.27 bits per heavy atom. The van der Waals surface area contributed by atoms with Crippen LogP contribution in [-0.2, 0) is 4.79 Å². The molecule has 0 aromatic carbocycles. The van der Waals surface area contributed by atoms with Gasteiger partial charge in [-0.3, -0.25) is 4.79 Å². The van der Waals surface area contributed by atoms with Crippen LogP contribution in [0.4, 0.5) is 0 Å². The van der Waals surface area contributed by atoms with E-state index in [2.05, 4.69) is 10.2 Å². The molecule has 3 nitrogen and oxygen atoms in total. The molecule has 0 bridgehead atoms. The van der Waals surface area contributed by atoms with Crippen LogP contribution in [0.1, 0.15) is 32.1 Å². The molecule has 0 aromatic heterocycles. The maximum absolute atomic E-state index is 11.9. The first-order valence-corrected chi connectivity index (χ1v) is 5.77. The largest absolute Gasteiger partial charge is 0.341 e. The van der Waals surface area contributed by atoms with Gasteiger partial charge in [0.15, 0.2) is 0 Å². The number of piperidine rings is 1. The molecule has 0 aromatic rings. The summed E-state index contributed by atoms with van der Waals surface area (Å²) in [5.41, 5.74) is 0. The zero-order valence-corrected chi connectivity index (χ0v) is 10.2. The third-order valence-corrected chi connectivity index (χ3v) is 3.60. The summed E-state index contributed by atoms with van der Waals surface area (Å²) in [6.07, 6.45) is 5.87. The number of likely N-dealkylation sites (tertiary alicyclic amines) is 1. The van der Waals surface area contributed by atoms with Crippen molar-refractivity contribution in [1.29, 1.82) is 0 Å². The van der Waals surface area contributed by atoms with Crippen LogP contribution in [0, 0.1) is 5.92 Å². The summed E-state index contributed by atoms with van der Waals surface area (Å²) in [4.78, 5) is 14.0. The maximum atomic E-state index is 11.9.